The number of allylic oxidation sites excluding steroid dienone is 1. The first-order chi connectivity index (χ1) is 12.6. The van der Waals surface area contributed by atoms with Crippen LogP contribution in [0, 0.1) is 0 Å². The third kappa shape index (κ3) is 4.87. The summed E-state index contributed by atoms with van der Waals surface area (Å²) >= 11 is 0. The molecule has 1 aromatic carbocycles. The number of halogens is 3. The van der Waals surface area contributed by atoms with Gasteiger partial charge in [-0.05, 0) is 25.5 Å². The molecule has 0 saturated heterocycles. The minimum absolute atomic E-state index is 0.0796. The fraction of sp³-hybridized carbons (Fsp3) is 0.389. The van der Waals surface area contributed by atoms with Gasteiger partial charge in [-0.25, -0.2) is 4.79 Å². The molecule has 0 radical (unpaired) electrons. The molecule has 2 rings (SSSR count). The van der Waals surface area contributed by atoms with Crippen molar-refractivity contribution in [2.24, 2.45) is 0 Å². The number of hydrogen-bond acceptors (Lipinski definition) is 4. The van der Waals surface area contributed by atoms with E-state index >= 15 is 0 Å². The summed E-state index contributed by atoms with van der Waals surface area (Å²) < 4.78 is 45.5. The lowest BCUT2D eigenvalue weighted by Gasteiger charge is -2.31. The number of para-hydroxylation sites is 2. The van der Waals surface area contributed by atoms with Crippen molar-refractivity contribution in [3.05, 3.63) is 35.9 Å². The minimum Gasteiger partial charge on any atom is -0.452 e. The fourth-order valence-corrected chi connectivity index (χ4v) is 2.70. The first-order valence-corrected chi connectivity index (χ1v) is 8.26. The first-order valence-electron chi connectivity index (χ1n) is 8.26. The average Bonchev–Trinajstić information content (AvgIpc) is 2.75. The van der Waals surface area contributed by atoms with Gasteiger partial charge in [0.25, 0.3) is 5.91 Å². The zero-order valence-corrected chi connectivity index (χ0v) is 14.8. The second-order valence-corrected chi connectivity index (χ2v) is 5.96. The number of ether oxygens (including phenoxy) is 1. The van der Waals surface area contributed by atoms with Crippen LogP contribution in [0.4, 0.5) is 24.5 Å². The Morgan fingerprint density at radius 1 is 1.33 bits per heavy atom. The van der Waals surface area contributed by atoms with Crippen molar-refractivity contribution in [2.75, 3.05) is 16.8 Å². The van der Waals surface area contributed by atoms with E-state index in [1.54, 1.807) is 13.0 Å². The number of nitrogens with zero attached hydrogens (tertiary/aromatic N) is 1. The Morgan fingerprint density at radius 2 is 2.00 bits per heavy atom. The topological polar surface area (TPSA) is 75.7 Å². The van der Waals surface area contributed by atoms with Gasteiger partial charge in [0, 0.05) is 5.57 Å². The second-order valence-electron chi connectivity index (χ2n) is 5.96. The molecule has 146 valence electrons. The maximum absolute atomic E-state index is 13.5. The van der Waals surface area contributed by atoms with Crippen LogP contribution in [0.15, 0.2) is 35.9 Å². The Bertz CT molecular complexity index is 774. The fourth-order valence-electron chi connectivity index (χ4n) is 2.70. The smallest absolute Gasteiger partial charge is 0.409 e. The van der Waals surface area contributed by atoms with Gasteiger partial charge in [0.05, 0.1) is 17.8 Å². The molecule has 0 fully saturated rings. The van der Waals surface area contributed by atoms with Gasteiger partial charge < -0.3 is 10.1 Å². The molecule has 1 aromatic rings. The summed E-state index contributed by atoms with van der Waals surface area (Å²) in [4.78, 5) is 36.7. The Kier molecular flexibility index (Phi) is 6.24. The highest BCUT2D eigenvalue weighted by Crippen LogP contribution is 2.37. The number of amides is 2. The highest BCUT2D eigenvalue weighted by atomic mass is 19.4. The van der Waals surface area contributed by atoms with Gasteiger partial charge in [-0.1, -0.05) is 25.1 Å². The van der Waals surface area contributed by atoms with Crippen molar-refractivity contribution in [1.82, 2.24) is 0 Å². The molecule has 1 aliphatic rings. The van der Waals surface area contributed by atoms with Crippen LogP contribution in [-0.4, -0.2) is 36.6 Å². The number of alkyl halides is 3. The summed E-state index contributed by atoms with van der Waals surface area (Å²) in [5, 5.41) is 2.36. The van der Waals surface area contributed by atoms with Crippen LogP contribution in [0.5, 0.6) is 0 Å². The number of nitrogens with one attached hydrogen (secondary N) is 1. The van der Waals surface area contributed by atoms with Crippen LogP contribution in [0.3, 0.4) is 0 Å². The molecule has 0 saturated carbocycles. The number of hydrogen-bond donors (Lipinski definition) is 1. The molecular weight excluding hydrogens is 365 g/mol. The lowest BCUT2D eigenvalue weighted by Crippen LogP contribution is -2.51. The van der Waals surface area contributed by atoms with Crippen molar-refractivity contribution in [3.63, 3.8) is 0 Å². The van der Waals surface area contributed by atoms with E-state index < -0.39 is 43.0 Å². The van der Waals surface area contributed by atoms with Crippen molar-refractivity contribution < 1.29 is 32.3 Å². The van der Waals surface area contributed by atoms with Crippen molar-refractivity contribution >= 4 is 29.2 Å². The standard InChI is InChI=1S/C18H19F3N2O4/c1-3-6-11(2)17(26)27-10-16(25)23-13-8-5-4-7-12(13)22-15(24)9-14(23)18(19,20)21/h4-8,14H,3,9-10H2,1-2H3,(H,22,24)/b11-6-. The lowest BCUT2D eigenvalue weighted by atomic mass is 10.1. The molecule has 27 heavy (non-hydrogen) atoms. The van der Waals surface area contributed by atoms with Crippen molar-refractivity contribution in [3.8, 4) is 0 Å². The molecule has 1 unspecified atom stereocenters. The molecule has 6 nitrogen and oxygen atoms in total. The Balaban J connectivity index is 2.34. The van der Waals surface area contributed by atoms with E-state index in [1.165, 1.54) is 31.2 Å². The number of carbonyl (C=O) groups is 3. The summed E-state index contributed by atoms with van der Waals surface area (Å²) in [6, 6.07) is 3.30. The molecule has 2 amide bonds. The van der Waals surface area contributed by atoms with Crippen molar-refractivity contribution in [1.29, 1.82) is 0 Å². The monoisotopic (exact) mass is 384 g/mol. The number of esters is 1. The summed E-state index contributed by atoms with van der Waals surface area (Å²) in [5.41, 5.74) is 0.231. The van der Waals surface area contributed by atoms with Crippen LogP contribution in [0.25, 0.3) is 0 Å². The van der Waals surface area contributed by atoms with Gasteiger partial charge in [-0.3, -0.25) is 14.5 Å². The lowest BCUT2D eigenvalue weighted by molar-refractivity contribution is -0.159. The van der Waals surface area contributed by atoms with E-state index in [2.05, 4.69) is 5.32 Å². The number of fused-ring (bicyclic) bond motifs is 1. The highest BCUT2D eigenvalue weighted by molar-refractivity contribution is 6.05. The van der Waals surface area contributed by atoms with Crippen LogP contribution >= 0.6 is 0 Å². The number of carbonyl (C=O) groups excluding carboxylic acids is 3. The Hall–Kier alpha value is -2.84. The third-order valence-electron chi connectivity index (χ3n) is 3.93. The van der Waals surface area contributed by atoms with Crippen LogP contribution in [-0.2, 0) is 19.1 Å². The maximum Gasteiger partial charge on any atom is 0.409 e. The summed E-state index contributed by atoms with van der Waals surface area (Å²) in [6.07, 6.45) is -3.65. The molecular formula is C18H19F3N2O4. The van der Waals surface area contributed by atoms with E-state index in [0.29, 0.717) is 11.3 Å². The van der Waals surface area contributed by atoms with Crippen LogP contribution < -0.4 is 10.2 Å². The predicted molar refractivity (Wildman–Crippen MR) is 92.0 cm³/mol. The molecule has 1 heterocycles. The van der Waals surface area contributed by atoms with E-state index in [9.17, 15) is 27.6 Å². The highest BCUT2D eigenvalue weighted by Gasteiger charge is 2.49. The normalized spacial score (nSPS) is 17.7. The minimum atomic E-state index is -4.84. The van der Waals surface area contributed by atoms with Gasteiger partial charge in [-0.15, -0.1) is 0 Å². The maximum atomic E-state index is 13.5. The molecule has 0 aromatic heterocycles. The number of anilines is 2. The molecule has 1 N–H and O–H groups in total. The zero-order chi connectivity index (χ0) is 20.2. The van der Waals surface area contributed by atoms with E-state index in [-0.39, 0.29) is 16.9 Å². The van der Waals surface area contributed by atoms with E-state index in [4.69, 9.17) is 4.74 Å². The van der Waals surface area contributed by atoms with E-state index in [1.807, 2.05) is 0 Å². The quantitative estimate of drug-likeness (QED) is 0.639. The Labute approximate surface area is 154 Å². The summed E-state index contributed by atoms with van der Waals surface area (Å²) in [6.45, 7) is 2.41. The molecule has 9 heteroatoms. The van der Waals surface area contributed by atoms with Crippen LogP contribution in [0.1, 0.15) is 26.7 Å². The second kappa shape index (κ2) is 8.24. The van der Waals surface area contributed by atoms with Gasteiger partial charge in [0.1, 0.15) is 6.04 Å². The first kappa shape index (κ1) is 20.5. The summed E-state index contributed by atoms with van der Waals surface area (Å²) in [5.74, 6) is -2.72. The zero-order valence-electron chi connectivity index (χ0n) is 14.8. The molecule has 0 spiro atoms. The molecule has 0 aliphatic carbocycles. The molecule has 1 aliphatic heterocycles. The molecule has 1 atom stereocenters. The number of rotatable bonds is 4. The van der Waals surface area contributed by atoms with Crippen LogP contribution in [0.2, 0.25) is 0 Å². The van der Waals surface area contributed by atoms with E-state index in [0.717, 1.165) is 0 Å². The Morgan fingerprint density at radius 3 is 2.63 bits per heavy atom. The van der Waals surface area contributed by atoms with Gasteiger partial charge in [-0.2, -0.15) is 13.2 Å². The molecule has 0 bridgehead atoms. The van der Waals surface area contributed by atoms with Gasteiger partial charge in [0.2, 0.25) is 5.91 Å². The SMILES string of the molecule is CC/C=C(/C)C(=O)OCC(=O)N1c2ccccc2NC(=O)CC1C(F)(F)F. The van der Waals surface area contributed by atoms with Gasteiger partial charge >= 0.3 is 12.1 Å². The van der Waals surface area contributed by atoms with Crippen molar-refractivity contribution in [2.45, 2.75) is 38.9 Å². The van der Waals surface area contributed by atoms with Gasteiger partial charge in [0.15, 0.2) is 6.61 Å². The number of benzene rings is 1. The summed E-state index contributed by atoms with van der Waals surface area (Å²) in [7, 11) is 0. The average molecular weight is 384 g/mol. The predicted octanol–water partition coefficient (Wildman–Crippen LogP) is 3.19. The third-order valence-corrected chi connectivity index (χ3v) is 3.93. The largest absolute Gasteiger partial charge is 0.452 e.